The van der Waals surface area contributed by atoms with E-state index in [1.807, 2.05) is 19.9 Å². The van der Waals surface area contributed by atoms with Crippen molar-refractivity contribution in [2.45, 2.75) is 40.5 Å². The van der Waals surface area contributed by atoms with Crippen molar-refractivity contribution in [3.05, 3.63) is 48.6 Å². The first-order valence-electron chi connectivity index (χ1n) is 5.29. The SMILES string of the molecule is C=C/C=C\C(=C/C)CCC(=C)C.CC. The summed E-state index contributed by atoms with van der Waals surface area (Å²) in [4.78, 5) is 0. The third-order valence-corrected chi connectivity index (χ3v) is 1.66. The Morgan fingerprint density at radius 3 is 2.14 bits per heavy atom. The highest BCUT2D eigenvalue weighted by Gasteiger charge is 1.90. The van der Waals surface area contributed by atoms with Crippen LogP contribution in [-0.4, -0.2) is 0 Å². The molecule has 0 atom stereocenters. The molecule has 0 heterocycles. The number of allylic oxidation sites excluding steroid dienone is 6. The molecule has 0 aromatic carbocycles. The molecule has 0 fully saturated rings. The first-order valence-corrected chi connectivity index (χ1v) is 5.29. The Balaban J connectivity index is 0. The van der Waals surface area contributed by atoms with Gasteiger partial charge in [0.15, 0.2) is 0 Å². The predicted molar refractivity (Wildman–Crippen MR) is 68.5 cm³/mol. The quantitative estimate of drug-likeness (QED) is 0.422. The minimum atomic E-state index is 1.07. The molecule has 0 aromatic rings. The average molecular weight is 192 g/mol. The van der Waals surface area contributed by atoms with Crippen LogP contribution in [0.25, 0.3) is 0 Å². The molecule has 0 spiro atoms. The fourth-order valence-electron chi connectivity index (χ4n) is 0.873. The molecule has 0 saturated carbocycles. The van der Waals surface area contributed by atoms with Gasteiger partial charge in [-0.15, -0.1) is 6.58 Å². The molecular formula is C14H24. The van der Waals surface area contributed by atoms with E-state index >= 15 is 0 Å². The van der Waals surface area contributed by atoms with E-state index in [2.05, 4.69) is 39.2 Å². The summed E-state index contributed by atoms with van der Waals surface area (Å²) in [5.41, 5.74) is 2.58. The Morgan fingerprint density at radius 2 is 1.79 bits per heavy atom. The van der Waals surface area contributed by atoms with E-state index in [9.17, 15) is 0 Å². The summed E-state index contributed by atoms with van der Waals surface area (Å²) in [5.74, 6) is 0. The maximum atomic E-state index is 3.87. The molecule has 0 aromatic heterocycles. The monoisotopic (exact) mass is 192 g/mol. The molecule has 0 saturated heterocycles. The van der Waals surface area contributed by atoms with E-state index in [-0.39, 0.29) is 0 Å². The predicted octanol–water partition coefficient (Wildman–Crippen LogP) is 5.06. The van der Waals surface area contributed by atoms with Gasteiger partial charge in [-0.05, 0) is 26.7 Å². The van der Waals surface area contributed by atoms with E-state index < -0.39 is 0 Å². The second kappa shape index (κ2) is 12.0. The Morgan fingerprint density at radius 1 is 1.21 bits per heavy atom. The van der Waals surface area contributed by atoms with Gasteiger partial charge in [0.2, 0.25) is 0 Å². The first kappa shape index (κ1) is 15.4. The molecule has 0 radical (unpaired) electrons. The number of rotatable bonds is 5. The Kier molecular flexibility index (Phi) is 13.2. The number of hydrogen-bond acceptors (Lipinski definition) is 0. The van der Waals surface area contributed by atoms with Crippen molar-refractivity contribution in [1.82, 2.24) is 0 Å². The van der Waals surface area contributed by atoms with E-state index in [1.165, 1.54) is 11.1 Å². The van der Waals surface area contributed by atoms with Gasteiger partial charge < -0.3 is 0 Å². The highest BCUT2D eigenvalue weighted by molar-refractivity contribution is 5.21. The van der Waals surface area contributed by atoms with Crippen LogP contribution in [-0.2, 0) is 0 Å². The topological polar surface area (TPSA) is 0 Å². The minimum Gasteiger partial charge on any atom is -0.100 e. The van der Waals surface area contributed by atoms with Crippen molar-refractivity contribution < 1.29 is 0 Å². The van der Waals surface area contributed by atoms with Crippen LogP contribution >= 0.6 is 0 Å². The standard InChI is InChI=1S/C12H18.C2H6/c1-5-7-8-12(6-2)10-9-11(3)4;1-2/h5-8H,1,3,9-10H2,2,4H3;1-2H3/b8-7-,12-6+;. The van der Waals surface area contributed by atoms with Crippen LogP contribution in [0.15, 0.2) is 48.6 Å². The maximum absolute atomic E-state index is 3.87. The van der Waals surface area contributed by atoms with Crippen molar-refractivity contribution in [3.63, 3.8) is 0 Å². The summed E-state index contributed by atoms with van der Waals surface area (Å²) in [6.45, 7) is 15.6. The molecule has 0 N–H and O–H groups in total. The van der Waals surface area contributed by atoms with Gasteiger partial charge in [0.25, 0.3) is 0 Å². The van der Waals surface area contributed by atoms with Crippen molar-refractivity contribution in [2.75, 3.05) is 0 Å². The van der Waals surface area contributed by atoms with Gasteiger partial charge in [0, 0.05) is 0 Å². The van der Waals surface area contributed by atoms with Crippen LogP contribution in [0.4, 0.5) is 0 Å². The van der Waals surface area contributed by atoms with Crippen LogP contribution in [0.1, 0.15) is 40.5 Å². The van der Waals surface area contributed by atoms with E-state index in [0.717, 1.165) is 12.8 Å². The smallest absolute Gasteiger partial charge is 0.0245 e. The summed E-state index contributed by atoms with van der Waals surface area (Å²) in [6, 6.07) is 0. The van der Waals surface area contributed by atoms with Crippen molar-refractivity contribution in [2.24, 2.45) is 0 Å². The van der Waals surface area contributed by atoms with E-state index in [1.54, 1.807) is 6.08 Å². The van der Waals surface area contributed by atoms with Crippen LogP contribution in [0.5, 0.6) is 0 Å². The van der Waals surface area contributed by atoms with Crippen LogP contribution in [0.2, 0.25) is 0 Å². The van der Waals surface area contributed by atoms with Gasteiger partial charge in [0.1, 0.15) is 0 Å². The van der Waals surface area contributed by atoms with Crippen molar-refractivity contribution in [1.29, 1.82) is 0 Å². The van der Waals surface area contributed by atoms with E-state index in [0.29, 0.717) is 0 Å². The lowest BCUT2D eigenvalue weighted by molar-refractivity contribution is 0.948. The molecule has 14 heavy (non-hydrogen) atoms. The summed E-state index contributed by atoms with van der Waals surface area (Å²) < 4.78 is 0. The minimum absolute atomic E-state index is 1.07. The maximum Gasteiger partial charge on any atom is -0.0245 e. The van der Waals surface area contributed by atoms with Crippen LogP contribution in [0.3, 0.4) is 0 Å². The summed E-state index contributed by atoms with van der Waals surface area (Å²) in [6.07, 6.45) is 10.1. The van der Waals surface area contributed by atoms with Gasteiger partial charge in [-0.3, -0.25) is 0 Å². The molecule has 0 amide bonds. The van der Waals surface area contributed by atoms with Crippen molar-refractivity contribution >= 4 is 0 Å². The van der Waals surface area contributed by atoms with Crippen LogP contribution < -0.4 is 0 Å². The fourth-order valence-corrected chi connectivity index (χ4v) is 0.873. The molecule has 80 valence electrons. The first-order chi connectivity index (χ1) is 6.70. The molecule has 0 nitrogen and oxygen atoms in total. The van der Waals surface area contributed by atoms with Gasteiger partial charge in [0.05, 0.1) is 0 Å². The lowest BCUT2D eigenvalue weighted by atomic mass is 10.1. The zero-order valence-corrected chi connectivity index (χ0v) is 10.1. The summed E-state index contributed by atoms with van der Waals surface area (Å²) in [7, 11) is 0. The highest BCUT2D eigenvalue weighted by Crippen LogP contribution is 2.10. The van der Waals surface area contributed by atoms with Gasteiger partial charge >= 0.3 is 0 Å². The molecule has 0 rings (SSSR count). The lowest BCUT2D eigenvalue weighted by Gasteiger charge is -2.00. The Hall–Kier alpha value is -1.04. The Labute approximate surface area is 89.7 Å². The largest absolute Gasteiger partial charge is 0.100 e. The van der Waals surface area contributed by atoms with Gasteiger partial charge in [-0.1, -0.05) is 55.9 Å². The second-order valence-electron chi connectivity index (χ2n) is 2.92. The third-order valence-electron chi connectivity index (χ3n) is 1.66. The van der Waals surface area contributed by atoms with Gasteiger partial charge in [-0.25, -0.2) is 0 Å². The zero-order chi connectivity index (χ0) is 11.4. The molecule has 0 aliphatic carbocycles. The molecule has 0 heteroatoms. The Bertz CT molecular complexity index is 204. The average Bonchev–Trinajstić information content (AvgIpc) is 2.21. The summed E-state index contributed by atoms with van der Waals surface area (Å²) in [5, 5.41) is 0. The molecule has 0 aliphatic heterocycles. The zero-order valence-electron chi connectivity index (χ0n) is 10.1. The summed E-state index contributed by atoms with van der Waals surface area (Å²) >= 11 is 0. The fraction of sp³-hybridized carbons (Fsp3) is 0.429. The van der Waals surface area contributed by atoms with E-state index in [4.69, 9.17) is 0 Å². The second-order valence-corrected chi connectivity index (χ2v) is 2.92. The van der Waals surface area contributed by atoms with Gasteiger partial charge in [-0.2, -0.15) is 0 Å². The molecule has 0 unspecified atom stereocenters. The highest BCUT2D eigenvalue weighted by atomic mass is 14.0. The number of hydrogen-bond donors (Lipinski definition) is 0. The third kappa shape index (κ3) is 11.0. The van der Waals surface area contributed by atoms with Crippen molar-refractivity contribution in [3.8, 4) is 0 Å². The molecule has 0 bridgehead atoms. The normalized spacial score (nSPS) is 10.7. The molecule has 0 aliphatic rings. The van der Waals surface area contributed by atoms with Crippen LogP contribution in [0, 0.1) is 0 Å². The molecular weight excluding hydrogens is 168 g/mol. The lowest BCUT2D eigenvalue weighted by Crippen LogP contribution is -1.80.